The summed E-state index contributed by atoms with van der Waals surface area (Å²) in [7, 11) is 1.29. The van der Waals surface area contributed by atoms with Crippen LogP contribution in [0.5, 0.6) is 17.2 Å². The first-order valence-corrected chi connectivity index (χ1v) is 19.0. The first kappa shape index (κ1) is 42.4. The number of phenols is 2. The summed E-state index contributed by atoms with van der Waals surface area (Å²) in [4.78, 5) is 77.9. The molecule has 1 fully saturated rings. The zero-order valence-electron chi connectivity index (χ0n) is 32.2. The Morgan fingerprint density at radius 2 is 1.72 bits per heavy atom. The number of Topliss-reactive ketones (excluding diaryl/α,β-unsaturated/α-hetero) is 2. The summed E-state index contributed by atoms with van der Waals surface area (Å²) >= 11 is 0. The molecule has 6 rings (SSSR count). The molecule has 1 aliphatic heterocycles. The first-order chi connectivity index (χ1) is 27.4. The van der Waals surface area contributed by atoms with E-state index in [4.69, 9.17) is 24.1 Å². The van der Waals surface area contributed by atoms with Crippen LogP contribution in [0.1, 0.15) is 114 Å². The summed E-state index contributed by atoms with van der Waals surface area (Å²) in [5, 5.41) is 67.4. The number of ether oxygens (including phenoxy) is 4. The van der Waals surface area contributed by atoms with Gasteiger partial charge in [0.25, 0.3) is 0 Å². The van der Waals surface area contributed by atoms with Crippen LogP contribution >= 0.6 is 0 Å². The van der Waals surface area contributed by atoms with Gasteiger partial charge in [0, 0.05) is 47.8 Å². The molecule has 2 aromatic rings. The Morgan fingerprint density at radius 3 is 2.41 bits per heavy atom. The number of carbonyl (C=O) groups excluding carboxylic acids is 5. The van der Waals surface area contributed by atoms with Crippen LogP contribution in [0.25, 0.3) is 0 Å². The zero-order chi connectivity index (χ0) is 42.3. The summed E-state index contributed by atoms with van der Waals surface area (Å²) in [6, 6.07) is 3.21. The molecule has 17 heteroatoms. The van der Waals surface area contributed by atoms with Crippen molar-refractivity contribution in [1.29, 1.82) is 0 Å². The largest absolute Gasteiger partial charge is 0.507 e. The smallest absolute Gasteiger partial charge is 0.408 e. The molecule has 1 heterocycles. The maximum atomic E-state index is 14.0. The number of aliphatic carboxylic acids is 1. The van der Waals surface area contributed by atoms with Gasteiger partial charge in [0.2, 0.25) is 5.78 Å². The molecule has 0 aromatic heterocycles. The van der Waals surface area contributed by atoms with Crippen molar-refractivity contribution in [3.8, 4) is 17.2 Å². The number of hydrogen-bond donors (Lipinski definition) is 7. The lowest BCUT2D eigenvalue weighted by molar-refractivity contribution is -0.249. The van der Waals surface area contributed by atoms with E-state index in [0.29, 0.717) is 19.3 Å². The van der Waals surface area contributed by atoms with Gasteiger partial charge in [-0.1, -0.05) is 25.1 Å². The number of fused-ring (bicyclic) bond motifs is 3. The maximum absolute atomic E-state index is 14.0. The zero-order valence-corrected chi connectivity index (χ0v) is 32.2. The average Bonchev–Trinajstić information content (AvgIpc) is 3.18. The highest BCUT2D eigenvalue weighted by Gasteiger charge is 2.50. The fourth-order valence-electron chi connectivity index (χ4n) is 8.41. The normalized spacial score (nSPS) is 29.8. The third-order valence-corrected chi connectivity index (χ3v) is 11.8. The van der Waals surface area contributed by atoms with E-state index < -0.39 is 119 Å². The number of aromatic hydroxyl groups is 2. The molecule has 4 aliphatic rings. The number of aliphatic hydroxyl groups is 3. The van der Waals surface area contributed by atoms with Crippen molar-refractivity contribution in [2.45, 2.75) is 114 Å². The van der Waals surface area contributed by atoms with Crippen LogP contribution in [0.4, 0.5) is 4.79 Å². The first-order valence-electron chi connectivity index (χ1n) is 19.0. The number of aliphatic hydroxyl groups excluding tert-OH is 2. The fraction of sp³-hybridized carbons (Fsp3) is 0.512. The summed E-state index contributed by atoms with van der Waals surface area (Å²) < 4.78 is 23.1. The molecule has 0 spiro atoms. The molecule has 0 radical (unpaired) electrons. The summed E-state index contributed by atoms with van der Waals surface area (Å²) in [5.41, 5.74) is -5.05. The third-order valence-electron chi connectivity index (χ3n) is 11.8. The second-order valence-corrected chi connectivity index (χ2v) is 15.6. The quantitative estimate of drug-likeness (QED) is 0.108. The van der Waals surface area contributed by atoms with Gasteiger partial charge in [-0.05, 0) is 44.7 Å². The lowest BCUT2D eigenvalue weighted by Gasteiger charge is -2.42. The van der Waals surface area contributed by atoms with Crippen molar-refractivity contribution in [3.05, 3.63) is 63.7 Å². The van der Waals surface area contributed by atoms with Gasteiger partial charge < -0.3 is 54.9 Å². The van der Waals surface area contributed by atoms with Crippen molar-refractivity contribution in [3.63, 3.8) is 0 Å². The molecular formula is C41H47NO16. The number of methoxy groups -OCH3 is 1. The molecule has 0 bridgehead atoms. The molecule has 3 aliphatic carbocycles. The van der Waals surface area contributed by atoms with Gasteiger partial charge >= 0.3 is 12.1 Å². The van der Waals surface area contributed by atoms with Gasteiger partial charge in [-0.25, -0.2) is 4.79 Å². The van der Waals surface area contributed by atoms with E-state index in [-0.39, 0.29) is 59.5 Å². The number of carbonyl (C=O) groups is 6. The minimum atomic E-state index is -2.38. The lowest BCUT2D eigenvalue weighted by atomic mass is 9.72. The second-order valence-electron chi connectivity index (χ2n) is 15.6. The number of rotatable bonds is 11. The molecule has 2 aromatic carbocycles. The van der Waals surface area contributed by atoms with Gasteiger partial charge in [-0.2, -0.15) is 0 Å². The molecule has 7 N–H and O–H groups in total. The van der Waals surface area contributed by atoms with Crippen molar-refractivity contribution in [2.75, 3.05) is 13.7 Å². The number of hydrogen-bond acceptors (Lipinski definition) is 15. The van der Waals surface area contributed by atoms with E-state index in [2.05, 4.69) is 5.32 Å². The Morgan fingerprint density at radius 1 is 1.00 bits per heavy atom. The number of allylic oxidation sites excluding steroid dienone is 1. The van der Waals surface area contributed by atoms with E-state index in [0.717, 1.165) is 0 Å². The van der Waals surface area contributed by atoms with Crippen LogP contribution in [0, 0.1) is 5.41 Å². The summed E-state index contributed by atoms with van der Waals surface area (Å²) in [5.74, 6) is -5.47. The van der Waals surface area contributed by atoms with Gasteiger partial charge in [0.15, 0.2) is 17.9 Å². The minimum Gasteiger partial charge on any atom is -0.507 e. The standard InChI is InChI=1S/C41H47NO16/c1-19-34(48)23(42-39(53)57-20-7-4-5-13-40(2,14-12-20)26(44)10-11-28(46)47)15-29(56-19)58-25-17-41(54,27(45)18-43)16-22-31(25)38(52)33-32(36(22)50)35(49)21-8-6-9-24(55-3)30(21)37(33)51/h4,6-9,19-20,23,25,29,34,43,48,50,52,54H,5,10-18H2,1-3H3,(H,42,53)(H,46,47)/b7-4+/t19?,20-,23-,25+,29+,34-,40+,41+/m1/s1. The summed E-state index contributed by atoms with van der Waals surface area (Å²) in [6.07, 6.45) is -3.61. The van der Waals surface area contributed by atoms with E-state index in [1.165, 1.54) is 32.2 Å². The highest BCUT2D eigenvalue weighted by Crippen LogP contribution is 2.52. The van der Waals surface area contributed by atoms with Crippen LogP contribution in [-0.4, -0.2) is 116 Å². The van der Waals surface area contributed by atoms with Crippen LogP contribution in [0.2, 0.25) is 0 Å². The van der Waals surface area contributed by atoms with Crippen LogP contribution in [-0.2, 0) is 35.0 Å². The Kier molecular flexibility index (Phi) is 12.1. The molecule has 58 heavy (non-hydrogen) atoms. The number of amides is 1. The van der Waals surface area contributed by atoms with Crippen molar-refractivity contribution in [1.82, 2.24) is 5.32 Å². The molecule has 0 saturated carbocycles. The highest BCUT2D eigenvalue weighted by molar-refractivity contribution is 6.31. The fourth-order valence-corrected chi connectivity index (χ4v) is 8.41. The number of nitrogens with one attached hydrogen (secondary N) is 1. The van der Waals surface area contributed by atoms with E-state index >= 15 is 0 Å². The number of benzene rings is 2. The van der Waals surface area contributed by atoms with Crippen LogP contribution in [0.15, 0.2) is 30.4 Å². The minimum absolute atomic E-state index is 0.0427. The maximum Gasteiger partial charge on any atom is 0.408 e. The van der Waals surface area contributed by atoms with Crippen LogP contribution < -0.4 is 10.1 Å². The van der Waals surface area contributed by atoms with E-state index in [1.54, 1.807) is 19.1 Å². The van der Waals surface area contributed by atoms with Crippen molar-refractivity contribution < 1.29 is 78.4 Å². The van der Waals surface area contributed by atoms with Crippen LogP contribution in [0.3, 0.4) is 0 Å². The lowest BCUT2D eigenvalue weighted by Crippen LogP contribution is -2.56. The topological polar surface area (TPSA) is 273 Å². The summed E-state index contributed by atoms with van der Waals surface area (Å²) in [6.45, 7) is 2.16. The predicted molar refractivity (Wildman–Crippen MR) is 199 cm³/mol. The van der Waals surface area contributed by atoms with Gasteiger partial charge in [-0.3, -0.25) is 24.0 Å². The monoisotopic (exact) mass is 809 g/mol. The molecule has 1 saturated heterocycles. The number of phenolic OH excluding ortho intramolecular Hbond substituents is 2. The van der Waals surface area contributed by atoms with Gasteiger partial charge in [0.1, 0.15) is 47.4 Å². The Bertz CT molecular complexity index is 2060. The van der Waals surface area contributed by atoms with Crippen molar-refractivity contribution in [2.24, 2.45) is 5.41 Å². The van der Waals surface area contributed by atoms with E-state index in [1.807, 2.05) is 0 Å². The van der Waals surface area contributed by atoms with E-state index in [9.17, 15) is 54.3 Å². The highest BCUT2D eigenvalue weighted by atomic mass is 16.7. The molecule has 1 unspecified atom stereocenters. The number of carboxylic acid groups (broad SMARTS) is 1. The molecule has 8 atom stereocenters. The third kappa shape index (κ3) is 7.96. The number of alkyl carbamates (subject to hydrolysis) is 1. The van der Waals surface area contributed by atoms with Gasteiger partial charge in [0.05, 0.1) is 48.5 Å². The average molecular weight is 810 g/mol. The molecule has 1 amide bonds. The predicted octanol–water partition coefficient (Wildman–Crippen LogP) is 2.71. The van der Waals surface area contributed by atoms with Gasteiger partial charge in [-0.15, -0.1) is 0 Å². The molecule has 312 valence electrons. The molecule has 17 nitrogen and oxygen atoms in total. The SMILES string of the molecule is COc1cccc2c1C(=O)c1c(O)c3c(c(O)c1C2=O)C[C@@](O)(C(=O)CO)C[C@@H]3O[C@H]1C[C@@H](NC(=O)O[C@@H]2/C=C/CC[C@](C)(C(=O)CCC(=O)O)CC2)[C@H](O)C(C)O1. The Hall–Kier alpha value is -5.20. The Labute approximate surface area is 332 Å². The Balaban J connectivity index is 1.24. The second kappa shape index (κ2) is 16.6. The number of carboxylic acids is 1. The number of ketones is 4. The molecular weight excluding hydrogens is 762 g/mol. The van der Waals surface area contributed by atoms with Crippen molar-refractivity contribution >= 4 is 35.2 Å².